The molecule has 0 aliphatic carbocycles. The molecule has 6 heteroatoms. The van der Waals surface area contributed by atoms with Crippen LogP contribution in [-0.2, 0) is 0 Å². The molecule has 0 atom stereocenters. The maximum absolute atomic E-state index is 12.5. The Morgan fingerprint density at radius 1 is 1.00 bits per heavy atom. The second-order valence-corrected chi connectivity index (χ2v) is 6.95. The fourth-order valence-electron chi connectivity index (χ4n) is 3.16. The molecule has 0 bridgehead atoms. The van der Waals surface area contributed by atoms with Crippen molar-refractivity contribution in [3.05, 3.63) is 53.6 Å². The Kier molecular flexibility index (Phi) is 6.87. The van der Waals surface area contributed by atoms with Gasteiger partial charge in [-0.25, -0.2) is 4.79 Å². The number of likely N-dealkylation sites (tertiary alicyclic amines) is 1. The lowest BCUT2D eigenvalue weighted by Crippen LogP contribution is -2.34. The fraction of sp³-hybridized carbons (Fsp3) is 0.364. The number of piperidine rings is 1. The summed E-state index contributed by atoms with van der Waals surface area (Å²) in [5.41, 5.74) is 1.35. The molecule has 0 radical (unpaired) electrons. The number of methoxy groups -OCH3 is 1. The van der Waals surface area contributed by atoms with Crippen molar-refractivity contribution < 1.29 is 19.0 Å². The van der Waals surface area contributed by atoms with Gasteiger partial charge >= 0.3 is 5.97 Å². The minimum Gasteiger partial charge on any atom is -0.497 e. The van der Waals surface area contributed by atoms with Gasteiger partial charge in [-0.1, -0.05) is 12.2 Å². The van der Waals surface area contributed by atoms with Crippen LogP contribution in [0.25, 0.3) is 0 Å². The summed E-state index contributed by atoms with van der Waals surface area (Å²) >= 11 is 5.67. The van der Waals surface area contributed by atoms with Crippen LogP contribution in [-0.4, -0.2) is 42.7 Å². The van der Waals surface area contributed by atoms with E-state index in [4.69, 9.17) is 26.4 Å². The molecule has 2 aromatic carbocycles. The van der Waals surface area contributed by atoms with Crippen LogP contribution in [0.1, 0.15) is 42.1 Å². The molecule has 0 N–H and O–H groups in total. The number of esters is 1. The lowest BCUT2D eigenvalue weighted by molar-refractivity contribution is 0.0728. The summed E-state index contributed by atoms with van der Waals surface area (Å²) in [4.78, 5) is 15.5. The third kappa shape index (κ3) is 4.81. The third-order valence-electron chi connectivity index (χ3n) is 4.66. The maximum atomic E-state index is 12.5. The number of nitrogens with zero attached hydrogens (tertiary/aromatic N) is 1. The smallest absolute Gasteiger partial charge is 0.343 e. The zero-order valence-electron chi connectivity index (χ0n) is 16.3. The first-order chi connectivity index (χ1) is 13.6. The SMILES string of the molecule is CCOc1cc(C(=S)N2CCCCC2)ccc1OC(=O)c1ccc(OC)cc1. The van der Waals surface area contributed by atoms with Crippen molar-refractivity contribution in [1.82, 2.24) is 4.90 Å². The standard InChI is InChI=1S/C22H25NO4S/c1-3-26-20-15-17(21(28)23-13-5-4-6-14-23)9-12-19(20)27-22(24)16-7-10-18(25-2)11-8-16/h7-12,15H,3-6,13-14H2,1-2H3. The average Bonchev–Trinajstić information content (AvgIpc) is 2.75. The molecule has 28 heavy (non-hydrogen) atoms. The average molecular weight is 400 g/mol. The van der Waals surface area contributed by atoms with Crippen molar-refractivity contribution in [2.75, 3.05) is 26.8 Å². The summed E-state index contributed by atoms with van der Waals surface area (Å²) in [5, 5.41) is 0. The molecular formula is C22H25NO4S. The van der Waals surface area contributed by atoms with Gasteiger partial charge in [0.15, 0.2) is 11.5 Å². The van der Waals surface area contributed by atoms with Crippen LogP contribution in [0.4, 0.5) is 0 Å². The van der Waals surface area contributed by atoms with Crippen LogP contribution in [0.2, 0.25) is 0 Å². The number of hydrogen-bond acceptors (Lipinski definition) is 5. The van der Waals surface area contributed by atoms with Crippen LogP contribution < -0.4 is 14.2 Å². The molecular weight excluding hydrogens is 374 g/mol. The molecule has 0 aromatic heterocycles. The summed E-state index contributed by atoms with van der Waals surface area (Å²) in [6.07, 6.45) is 3.58. The van der Waals surface area contributed by atoms with Crippen molar-refractivity contribution >= 4 is 23.2 Å². The van der Waals surface area contributed by atoms with E-state index in [2.05, 4.69) is 4.90 Å². The van der Waals surface area contributed by atoms with Gasteiger partial charge in [0.2, 0.25) is 0 Å². The topological polar surface area (TPSA) is 48.0 Å². The minimum atomic E-state index is -0.449. The minimum absolute atomic E-state index is 0.382. The van der Waals surface area contributed by atoms with Crippen molar-refractivity contribution in [2.24, 2.45) is 0 Å². The molecule has 1 saturated heterocycles. The number of rotatable bonds is 6. The highest BCUT2D eigenvalue weighted by atomic mass is 32.1. The van der Waals surface area contributed by atoms with Crippen molar-refractivity contribution in [3.63, 3.8) is 0 Å². The number of carbonyl (C=O) groups excluding carboxylic acids is 1. The van der Waals surface area contributed by atoms with Crippen molar-refractivity contribution in [1.29, 1.82) is 0 Å². The normalized spacial score (nSPS) is 13.7. The number of thiocarbonyl (C=S) groups is 1. The number of hydrogen-bond donors (Lipinski definition) is 0. The van der Waals surface area contributed by atoms with E-state index >= 15 is 0 Å². The van der Waals surface area contributed by atoms with Crippen LogP contribution in [0, 0.1) is 0 Å². The van der Waals surface area contributed by atoms with Gasteiger partial charge in [-0.05, 0) is 68.7 Å². The van der Waals surface area contributed by atoms with Gasteiger partial charge in [-0.2, -0.15) is 0 Å². The molecule has 1 heterocycles. The molecule has 0 saturated carbocycles. The van der Waals surface area contributed by atoms with Gasteiger partial charge in [0.1, 0.15) is 10.7 Å². The fourth-order valence-corrected chi connectivity index (χ4v) is 3.47. The highest BCUT2D eigenvalue weighted by Gasteiger charge is 2.18. The number of benzene rings is 2. The molecule has 1 fully saturated rings. The van der Waals surface area contributed by atoms with Crippen LogP contribution in [0.15, 0.2) is 42.5 Å². The zero-order chi connectivity index (χ0) is 19.9. The summed E-state index contributed by atoms with van der Waals surface area (Å²) in [6.45, 7) is 4.33. The van der Waals surface area contributed by atoms with Gasteiger partial charge in [-0.3, -0.25) is 0 Å². The molecule has 0 amide bonds. The molecule has 0 unspecified atom stereocenters. The first kappa shape index (κ1) is 20.1. The van der Waals surface area contributed by atoms with E-state index in [1.54, 1.807) is 37.4 Å². The van der Waals surface area contributed by atoms with Gasteiger partial charge in [0.25, 0.3) is 0 Å². The summed E-state index contributed by atoms with van der Waals surface area (Å²) < 4.78 is 16.4. The van der Waals surface area contributed by atoms with Crippen LogP contribution in [0.3, 0.4) is 0 Å². The summed E-state index contributed by atoms with van der Waals surface area (Å²) in [5.74, 6) is 1.13. The Balaban J connectivity index is 1.78. The maximum Gasteiger partial charge on any atom is 0.343 e. The first-order valence-corrected chi connectivity index (χ1v) is 9.95. The number of carbonyl (C=O) groups is 1. The second-order valence-electron chi connectivity index (χ2n) is 6.57. The van der Waals surface area contributed by atoms with Gasteiger partial charge in [0, 0.05) is 18.7 Å². The predicted molar refractivity (Wildman–Crippen MR) is 113 cm³/mol. The molecule has 1 aliphatic rings. The lowest BCUT2D eigenvalue weighted by atomic mass is 10.1. The highest BCUT2D eigenvalue weighted by molar-refractivity contribution is 7.80. The largest absolute Gasteiger partial charge is 0.497 e. The third-order valence-corrected chi connectivity index (χ3v) is 5.16. The van der Waals surface area contributed by atoms with Crippen molar-refractivity contribution in [2.45, 2.75) is 26.2 Å². The van der Waals surface area contributed by atoms with Gasteiger partial charge in [-0.15, -0.1) is 0 Å². The quantitative estimate of drug-likeness (QED) is 0.406. The van der Waals surface area contributed by atoms with E-state index in [1.807, 2.05) is 19.1 Å². The predicted octanol–water partition coefficient (Wildman–Crippen LogP) is 4.47. The Morgan fingerprint density at radius 3 is 2.32 bits per heavy atom. The summed E-state index contributed by atoms with van der Waals surface area (Å²) in [7, 11) is 1.58. The number of ether oxygens (including phenoxy) is 3. The van der Waals surface area contributed by atoms with E-state index in [-0.39, 0.29) is 0 Å². The Labute approximate surface area is 171 Å². The molecule has 5 nitrogen and oxygen atoms in total. The van der Waals surface area contributed by atoms with Gasteiger partial charge < -0.3 is 19.1 Å². The molecule has 148 valence electrons. The van der Waals surface area contributed by atoms with Crippen molar-refractivity contribution in [3.8, 4) is 17.2 Å². The van der Waals surface area contributed by atoms with E-state index in [9.17, 15) is 4.79 Å². The zero-order valence-corrected chi connectivity index (χ0v) is 17.1. The molecule has 0 spiro atoms. The Morgan fingerprint density at radius 2 is 1.68 bits per heavy atom. The second kappa shape index (κ2) is 9.55. The molecule has 3 rings (SSSR count). The first-order valence-electron chi connectivity index (χ1n) is 9.54. The van der Waals surface area contributed by atoms with Gasteiger partial charge in [0.05, 0.1) is 19.3 Å². The summed E-state index contributed by atoms with van der Waals surface area (Å²) in [6, 6.07) is 12.3. The molecule has 2 aromatic rings. The van der Waals surface area contributed by atoms with E-state index in [0.717, 1.165) is 36.5 Å². The van der Waals surface area contributed by atoms with Crippen LogP contribution >= 0.6 is 12.2 Å². The monoisotopic (exact) mass is 399 g/mol. The molecule has 1 aliphatic heterocycles. The Hall–Kier alpha value is -2.60. The van der Waals surface area contributed by atoms with E-state index in [0.29, 0.717) is 29.4 Å². The lowest BCUT2D eigenvalue weighted by Gasteiger charge is -2.29. The van der Waals surface area contributed by atoms with E-state index in [1.165, 1.54) is 6.42 Å². The van der Waals surface area contributed by atoms with E-state index < -0.39 is 5.97 Å². The highest BCUT2D eigenvalue weighted by Crippen LogP contribution is 2.30. The Bertz CT molecular complexity index is 829. The van der Waals surface area contributed by atoms with Crippen LogP contribution in [0.5, 0.6) is 17.2 Å².